The van der Waals surface area contributed by atoms with Crippen LogP contribution in [0.25, 0.3) is 0 Å². The fourth-order valence-electron chi connectivity index (χ4n) is 3.81. The smallest absolute Gasteiger partial charge is 0.265 e. The third kappa shape index (κ3) is 6.82. The van der Waals surface area contributed by atoms with Gasteiger partial charge in [0.25, 0.3) is 11.8 Å². The summed E-state index contributed by atoms with van der Waals surface area (Å²) in [7, 11) is 0. The maximum atomic E-state index is 13.1. The molecule has 0 aromatic heterocycles. The van der Waals surface area contributed by atoms with Gasteiger partial charge in [-0.3, -0.25) is 9.59 Å². The van der Waals surface area contributed by atoms with Crippen LogP contribution in [-0.4, -0.2) is 48.5 Å². The highest BCUT2D eigenvalue weighted by atomic mass is 16.5. The molecular weight excluding hydrogens is 446 g/mol. The second kappa shape index (κ2) is 11.8. The number of phenolic OH excluding ortho intramolecular Hbond substituents is 1. The van der Waals surface area contributed by atoms with Crippen molar-refractivity contribution in [2.45, 2.75) is 46.6 Å². The van der Waals surface area contributed by atoms with Crippen LogP contribution in [0.2, 0.25) is 0 Å². The van der Waals surface area contributed by atoms with Crippen LogP contribution in [-0.2, 0) is 14.3 Å². The molecule has 2 atom stereocenters. The van der Waals surface area contributed by atoms with E-state index in [0.717, 1.165) is 12.1 Å². The number of carbonyl (C=O) groups is 2. The fourth-order valence-corrected chi connectivity index (χ4v) is 3.81. The van der Waals surface area contributed by atoms with Gasteiger partial charge < -0.3 is 30.2 Å². The summed E-state index contributed by atoms with van der Waals surface area (Å²) < 4.78 is 11.2. The monoisotopic (exact) mass is 481 g/mol. The molecule has 35 heavy (non-hydrogen) atoms. The van der Waals surface area contributed by atoms with Crippen LogP contribution in [0.15, 0.2) is 42.5 Å². The molecule has 8 nitrogen and oxygen atoms in total. The number of anilines is 2. The van der Waals surface area contributed by atoms with Gasteiger partial charge in [-0.15, -0.1) is 0 Å². The molecule has 2 aromatic rings. The molecule has 0 spiro atoms. The molecule has 1 aliphatic heterocycles. The summed E-state index contributed by atoms with van der Waals surface area (Å²) in [6.07, 6.45) is 0.511. The lowest BCUT2D eigenvalue weighted by atomic mass is 9.95. The number of carbonyl (C=O) groups excluding carboxylic acids is 2. The van der Waals surface area contributed by atoms with Crippen molar-refractivity contribution >= 4 is 28.9 Å². The number of phenols is 1. The molecule has 0 aliphatic carbocycles. The summed E-state index contributed by atoms with van der Waals surface area (Å²) in [6, 6.07) is 11.8. The lowest BCUT2D eigenvalue weighted by Gasteiger charge is -2.27. The van der Waals surface area contributed by atoms with E-state index in [4.69, 9.17) is 14.9 Å². The summed E-state index contributed by atoms with van der Waals surface area (Å²) in [4.78, 5) is 26.8. The first-order chi connectivity index (χ1) is 16.7. The molecule has 3 N–H and O–H groups in total. The Morgan fingerprint density at radius 1 is 1.20 bits per heavy atom. The number of ether oxygens (including phenoxy) is 2. The van der Waals surface area contributed by atoms with Crippen molar-refractivity contribution in [1.82, 2.24) is 0 Å². The van der Waals surface area contributed by atoms with E-state index in [2.05, 4.69) is 5.32 Å². The molecule has 1 fully saturated rings. The Labute approximate surface area is 206 Å². The number of rotatable bonds is 10. The van der Waals surface area contributed by atoms with Crippen LogP contribution >= 0.6 is 0 Å². The SMILES string of the molecule is CCC(C)C(=N)c1cc(OC(CC(C)C)C(=O)Nc2ccc(N3CCOCC3=O)cc2)ccc1O. The normalized spacial score (nSPS) is 15.6. The first-order valence-corrected chi connectivity index (χ1v) is 12.1. The zero-order valence-electron chi connectivity index (χ0n) is 20.8. The Hall–Kier alpha value is -3.39. The lowest BCUT2D eigenvalue weighted by molar-refractivity contribution is -0.125. The van der Waals surface area contributed by atoms with Crippen molar-refractivity contribution in [2.75, 3.05) is 30.0 Å². The van der Waals surface area contributed by atoms with E-state index < -0.39 is 6.10 Å². The molecule has 1 saturated heterocycles. The standard InChI is InChI=1S/C27H35N3O5/c1-5-18(4)26(28)22-15-21(10-11-23(22)31)35-24(14-17(2)3)27(33)29-19-6-8-20(9-7-19)30-12-13-34-16-25(30)32/h6-11,15,17-18,24,28,31H,5,12-14,16H2,1-4H3,(H,29,33). The zero-order valence-corrected chi connectivity index (χ0v) is 20.8. The van der Waals surface area contributed by atoms with Crippen molar-refractivity contribution in [1.29, 1.82) is 5.41 Å². The number of nitrogens with one attached hydrogen (secondary N) is 2. The Balaban J connectivity index is 1.73. The Bertz CT molecular complexity index is 1050. The van der Waals surface area contributed by atoms with Crippen LogP contribution in [0.3, 0.4) is 0 Å². The second-order valence-corrected chi connectivity index (χ2v) is 9.27. The van der Waals surface area contributed by atoms with E-state index in [1.165, 1.54) is 6.07 Å². The fraction of sp³-hybridized carbons (Fsp3) is 0.444. The Morgan fingerprint density at radius 3 is 2.54 bits per heavy atom. The van der Waals surface area contributed by atoms with Gasteiger partial charge in [-0.05, 0) is 67.1 Å². The highest BCUT2D eigenvalue weighted by Crippen LogP contribution is 2.28. The zero-order chi connectivity index (χ0) is 25.5. The summed E-state index contributed by atoms with van der Waals surface area (Å²) in [5, 5.41) is 21.5. The number of hydrogen-bond donors (Lipinski definition) is 3. The summed E-state index contributed by atoms with van der Waals surface area (Å²) in [6.45, 7) is 9.02. The summed E-state index contributed by atoms with van der Waals surface area (Å²) >= 11 is 0. The molecule has 3 rings (SSSR count). The van der Waals surface area contributed by atoms with Crippen LogP contribution in [0.5, 0.6) is 11.5 Å². The van der Waals surface area contributed by atoms with Gasteiger partial charge in [0.15, 0.2) is 6.10 Å². The largest absolute Gasteiger partial charge is 0.507 e. The number of hydrogen-bond acceptors (Lipinski definition) is 6. The number of amides is 2. The average molecular weight is 482 g/mol. The average Bonchev–Trinajstić information content (AvgIpc) is 2.84. The molecule has 0 saturated carbocycles. The lowest BCUT2D eigenvalue weighted by Crippen LogP contribution is -2.41. The molecule has 0 radical (unpaired) electrons. The van der Waals surface area contributed by atoms with E-state index in [-0.39, 0.29) is 36.0 Å². The molecule has 188 valence electrons. The van der Waals surface area contributed by atoms with Crippen molar-refractivity contribution in [3.05, 3.63) is 48.0 Å². The minimum absolute atomic E-state index is 0.0124. The van der Waals surface area contributed by atoms with E-state index in [0.29, 0.717) is 42.3 Å². The predicted octanol–water partition coefficient (Wildman–Crippen LogP) is 4.60. The van der Waals surface area contributed by atoms with Gasteiger partial charge in [-0.25, -0.2) is 0 Å². The molecule has 8 heteroatoms. The molecule has 1 heterocycles. The summed E-state index contributed by atoms with van der Waals surface area (Å²) in [5.74, 6) is 0.255. The van der Waals surface area contributed by atoms with Gasteiger partial charge in [0.1, 0.15) is 18.1 Å². The van der Waals surface area contributed by atoms with Crippen LogP contribution in [0.1, 0.15) is 46.1 Å². The van der Waals surface area contributed by atoms with Crippen molar-refractivity contribution in [2.24, 2.45) is 11.8 Å². The number of morpholine rings is 1. The van der Waals surface area contributed by atoms with Gasteiger partial charge in [-0.1, -0.05) is 27.7 Å². The molecule has 2 aromatic carbocycles. The Morgan fingerprint density at radius 2 is 1.91 bits per heavy atom. The number of aromatic hydroxyl groups is 1. The molecule has 2 amide bonds. The van der Waals surface area contributed by atoms with Gasteiger partial charge in [0.2, 0.25) is 0 Å². The minimum atomic E-state index is -0.759. The maximum Gasteiger partial charge on any atom is 0.265 e. The van der Waals surface area contributed by atoms with Gasteiger partial charge in [0, 0.05) is 29.2 Å². The Kier molecular flexibility index (Phi) is 8.87. The van der Waals surface area contributed by atoms with Crippen LogP contribution < -0.4 is 15.0 Å². The third-order valence-corrected chi connectivity index (χ3v) is 6.05. The van der Waals surface area contributed by atoms with Gasteiger partial charge >= 0.3 is 0 Å². The molecule has 2 unspecified atom stereocenters. The quantitative estimate of drug-likeness (QED) is 0.429. The van der Waals surface area contributed by atoms with Crippen molar-refractivity contribution in [3.8, 4) is 11.5 Å². The summed E-state index contributed by atoms with van der Waals surface area (Å²) in [5.41, 5.74) is 2.10. The van der Waals surface area contributed by atoms with Crippen molar-refractivity contribution < 1.29 is 24.2 Å². The first-order valence-electron chi connectivity index (χ1n) is 12.1. The van der Waals surface area contributed by atoms with Crippen LogP contribution in [0.4, 0.5) is 11.4 Å². The van der Waals surface area contributed by atoms with Gasteiger partial charge in [0.05, 0.1) is 6.61 Å². The molecule has 1 aliphatic rings. The van der Waals surface area contributed by atoms with Gasteiger partial charge in [-0.2, -0.15) is 0 Å². The highest BCUT2D eigenvalue weighted by Gasteiger charge is 2.24. The third-order valence-electron chi connectivity index (χ3n) is 6.05. The number of nitrogens with zero attached hydrogens (tertiary/aromatic N) is 1. The number of benzene rings is 2. The first kappa shape index (κ1) is 26.2. The van der Waals surface area contributed by atoms with E-state index in [9.17, 15) is 14.7 Å². The second-order valence-electron chi connectivity index (χ2n) is 9.27. The van der Waals surface area contributed by atoms with E-state index in [1.54, 1.807) is 41.3 Å². The minimum Gasteiger partial charge on any atom is -0.507 e. The topological polar surface area (TPSA) is 112 Å². The maximum absolute atomic E-state index is 13.1. The van der Waals surface area contributed by atoms with E-state index in [1.807, 2.05) is 27.7 Å². The molecule has 0 bridgehead atoms. The van der Waals surface area contributed by atoms with Crippen LogP contribution in [0, 0.1) is 17.2 Å². The van der Waals surface area contributed by atoms with Crippen molar-refractivity contribution in [3.63, 3.8) is 0 Å². The van der Waals surface area contributed by atoms with E-state index >= 15 is 0 Å². The predicted molar refractivity (Wildman–Crippen MR) is 137 cm³/mol. The molecular formula is C27H35N3O5. The highest BCUT2D eigenvalue weighted by molar-refractivity contribution is 6.02.